The Morgan fingerprint density at radius 2 is 2.00 bits per heavy atom. The molecule has 2 heterocycles. The second kappa shape index (κ2) is 8.14. The minimum atomic E-state index is -0.460. The van der Waals surface area contributed by atoms with Crippen LogP contribution in [0.5, 0.6) is 0 Å². The Morgan fingerprint density at radius 3 is 2.77 bits per heavy atom. The van der Waals surface area contributed by atoms with Gasteiger partial charge in [-0.3, -0.25) is 14.4 Å². The third kappa shape index (κ3) is 4.13. The van der Waals surface area contributed by atoms with Crippen LogP contribution in [0.4, 0.5) is 5.69 Å². The van der Waals surface area contributed by atoms with Gasteiger partial charge < -0.3 is 16.0 Å². The number of nitrogens with two attached hydrogens (primary N) is 1. The number of carbonyl (C=O) groups excluding carboxylic acids is 3. The molecule has 2 amide bonds. The largest absolute Gasteiger partial charge is 0.399 e. The van der Waals surface area contributed by atoms with Gasteiger partial charge in [-0.15, -0.1) is 0 Å². The first kappa shape index (κ1) is 19.9. The molecule has 1 fully saturated rings. The monoisotopic (exact) mass is 403 g/mol. The van der Waals surface area contributed by atoms with Crippen molar-refractivity contribution in [2.45, 2.75) is 44.7 Å². The van der Waals surface area contributed by atoms with Gasteiger partial charge in [0, 0.05) is 36.3 Å². The number of Topliss-reactive ketones (excluding diaryl/α,β-unsaturated/α-hetero) is 1. The lowest BCUT2D eigenvalue weighted by molar-refractivity contribution is -0.126. The van der Waals surface area contributed by atoms with Crippen LogP contribution in [0, 0.1) is 0 Å². The Kier molecular flexibility index (Phi) is 5.40. The molecule has 2 aromatic rings. The van der Waals surface area contributed by atoms with Crippen molar-refractivity contribution in [2.24, 2.45) is 0 Å². The standard InChI is InChI=1S/C24H25N3O3/c1-15-5-10-22(23(29)26-15)27-14-18-11-16(7-9-21(18)24(27)30)6-8-20(28)13-17-3-2-4-19(25)12-17/h2-4,7,9,11-12,22H,1,5-6,8,10,13-14,25H2,(H,26,29). The molecule has 30 heavy (non-hydrogen) atoms. The summed E-state index contributed by atoms with van der Waals surface area (Å²) in [6.07, 6.45) is 2.68. The first-order valence-electron chi connectivity index (χ1n) is 10.2. The van der Waals surface area contributed by atoms with Crippen molar-refractivity contribution in [3.05, 3.63) is 77.0 Å². The fraction of sp³-hybridized carbons (Fsp3) is 0.292. The molecule has 0 spiro atoms. The number of nitrogens with zero attached hydrogens (tertiary/aromatic N) is 1. The maximum Gasteiger partial charge on any atom is 0.255 e. The number of nitrogens with one attached hydrogen (secondary N) is 1. The molecule has 0 saturated carbocycles. The van der Waals surface area contributed by atoms with E-state index in [1.165, 1.54) is 0 Å². The van der Waals surface area contributed by atoms with E-state index < -0.39 is 6.04 Å². The number of nitrogen functional groups attached to an aromatic ring is 1. The van der Waals surface area contributed by atoms with Crippen molar-refractivity contribution >= 4 is 23.3 Å². The number of aryl methyl sites for hydroxylation is 1. The Morgan fingerprint density at radius 1 is 1.17 bits per heavy atom. The number of allylic oxidation sites excluding steroid dienone is 1. The average molecular weight is 403 g/mol. The van der Waals surface area contributed by atoms with Gasteiger partial charge in [-0.2, -0.15) is 0 Å². The Labute approximate surface area is 175 Å². The van der Waals surface area contributed by atoms with Crippen molar-refractivity contribution < 1.29 is 14.4 Å². The number of benzene rings is 2. The van der Waals surface area contributed by atoms with Crippen LogP contribution < -0.4 is 11.1 Å². The van der Waals surface area contributed by atoms with Gasteiger partial charge in [0.2, 0.25) is 5.91 Å². The molecule has 0 radical (unpaired) electrons. The predicted molar refractivity (Wildman–Crippen MR) is 115 cm³/mol. The average Bonchev–Trinajstić information content (AvgIpc) is 3.02. The zero-order valence-electron chi connectivity index (χ0n) is 16.8. The number of amides is 2. The van der Waals surface area contributed by atoms with Gasteiger partial charge in [-0.05, 0) is 54.2 Å². The second-order valence-electron chi connectivity index (χ2n) is 8.03. The maximum atomic E-state index is 12.8. The van der Waals surface area contributed by atoms with Crippen molar-refractivity contribution in [1.29, 1.82) is 0 Å². The molecule has 1 atom stereocenters. The minimum Gasteiger partial charge on any atom is -0.399 e. The molecule has 0 bridgehead atoms. The zero-order chi connectivity index (χ0) is 21.3. The fourth-order valence-electron chi connectivity index (χ4n) is 4.17. The summed E-state index contributed by atoms with van der Waals surface area (Å²) in [5.41, 5.74) is 10.6. The van der Waals surface area contributed by atoms with Crippen LogP contribution in [0.1, 0.15) is 46.3 Å². The molecule has 2 aliphatic heterocycles. The molecule has 1 unspecified atom stereocenters. The van der Waals surface area contributed by atoms with Crippen LogP contribution in [0.3, 0.4) is 0 Å². The number of fused-ring (bicyclic) bond motifs is 1. The van der Waals surface area contributed by atoms with Crippen LogP contribution >= 0.6 is 0 Å². The van der Waals surface area contributed by atoms with E-state index in [1.54, 1.807) is 11.0 Å². The highest BCUT2D eigenvalue weighted by Gasteiger charge is 2.38. The Hall–Kier alpha value is -3.41. The number of hydrogen-bond donors (Lipinski definition) is 2. The summed E-state index contributed by atoms with van der Waals surface area (Å²) >= 11 is 0. The van der Waals surface area contributed by atoms with Crippen LogP contribution in [0.15, 0.2) is 54.7 Å². The van der Waals surface area contributed by atoms with E-state index in [9.17, 15) is 14.4 Å². The van der Waals surface area contributed by atoms with Crippen LogP contribution in [-0.2, 0) is 29.0 Å². The van der Waals surface area contributed by atoms with E-state index in [-0.39, 0.29) is 17.6 Å². The number of hydrogen-bond acceptors (Lipinski definition) is 4. The smallest absolute Gasteiger partial charge is 0.255 e. The molecule has 2 aromatic carbocycles. The maximum absolute atomic E-state index is 12.8. The second-order valence-corrected chi connectivity index (χ2v) is 8.03. The summed E-state index contributed by atoms with van der Waals surface area (Å²) in [5.74, 6) is -0.125. The molecule has 6 heteroatoms. The molecule has 2 aliphatic rings. The van der Waals surface area contributed by atoms with Gasteiger partial charge in [0.05, 0.1) is 0 Å². The number of carbonyl (C=O) groups is 3. The summed E-state index contributed by atoms with van der Waals surface area (Å²) in [7, 11) is 0. The lowest BCUT2D eigenvalue weighted by Crippen LogP contribution is -2.49. The van der Waals surface area contributed by atoms with Gasteiger partial charge in [-0.25, -0.2) is 0 Å². The number of anilines is 1. The summed E-state index contributed by atoms with van der Waals surface area (Å²) in [4.78, 5) is 39.1. The van der Waals surface area contributed by atoms with E-state index in [0.717, 1.165) is 16.7 Å². The number of rotatable bonds is 6. The van der Waals surface area contributed by atoms with Gasteiger partial charge in [-0.1, -0.05) is 30.8 Å². The first-order valence-corrected chi connectivity index (χ1v) is 10.2. The third-order valence-electron chi connectivity index (χ3n) is 5.74. The number of ketones is 1. The molecule has 6 nitrogen and oxygen atoms in total. The first-order chi connectivity index (χ1) is 14.4. The molecule has 0 aliphatic carbocycles. The number of piperidine rings is 1. The minimum absolute atomic E-state index is 0.109. The predicted octanol–water partition coefficient (Wildman–Crippen LogP) is 2.76. The highest BCUT2D eigenvalue weighted by Crippen LogP contribution is 2.29. The lowest BCUT2D eigenvalue weighted by atomic mass is 9.99. The SMILES string of the molecule is C=C1CCC(N2Cc3cc(CCC(=O)Cc4cccc(N)c4)ccc3C2=O)C(=O)N1. The van der Waals surface area contributed by atoms with E-state index >= 15 is 0 Å². The molecule has 1 saturated heterocycles. The van der Waals surface area contributed by atoms with Crippen molar-refractivity contribution in [1.82, 2.24) is 10.2 Å². The van der Waals surface area contributed by atoms with E-state index in [4.69, 9.17) is 5.73 Å². The highest BCUT2D eigenvalue weighted by atomic mass is 16.2. The van der Waals surface area contributed by atoms with Gasteiger partial charge in [0.25, 0.3) is 5.91 Å². The van der Waals surface area contributed by atoms with Crippen LogP contribution in [-0.4, -0.2) is 28.5 Å². The van der Waals surface area contributed by atoms with Crippen LogP contribution in [0.25, 0.3) is 0 Å². The summed E-state index contributed by atoms with van der Waals surface area (Å²) in [6.45, 7) is 4.21. The van der Waals surface area contributed by atoms with E-state index in [1.807, 2.05) is 36.4 Å². The Balaban J connectivity index is 1.38. The van der Waals surface area contributed by atoms with Gasteiger partial charge in [0.15, 0.2) is 0 Å². The zero-order valence-corrected chi connectivity index (χ0v) is 16.8. The van der Waals surface area contributed by atoms with Gasteiger partial charge in [0.1, 0.15) is 11.8 Å². The summed E-state index contributed by atoms with van der Waals surface area (Å²) in [5, 5.41) is 2.75. The molecular formula is C24H25N3O3. The topological polar surface area (TPSA) is 92.5 Å². The molecule has 154 valence electrons. The molecular weight excluding hydrogens is 378 g/mol. The third-order valence-corrected chi connectivity index (χ3v) is 5.74. The fourth-order valence-corrected chi connectivity index (χ4v) is 4.17. The van der Waals surface area contributed by atoms with E-state index in [0.29, 0.717) is 55.6 Å². The molecule has 3 N–H and O–H groups in total. The normalized spacial score (nSPS) is 18.3. The quantitative estimate of drug-likeness (QED) is 0.726. The van der Waals surface area contributed by atoms with Crippen molar-refractivity contribution in [2.75, 3.05) is 5.73 Å². The molecule has 0 aromatic heterocycles. The summed E-state index contributed by atoms with van der Waals surface area (Å²) in [6, 6.07) is 12.6. The van der Waals surface area contributed by atoms with Crippen LogP contribution in [0.2, 0.25) is 0 Å². The highest BCUT2D eigenvalue weighted by molar-refractivity contribution is 6.01. The Bertz CT molecular complexity index is 1040. The van der Waals surface area contributed by atoms with Crippen molar-refractivity contribution in [3.63, 3.8) is 0 Å². The molecule has 4 rings (SSSR count). The van der Waals surface area contributed by atoms with Gasteiger partial charge >= 0.3 is 0 Å². The lowest BCUT2D eigenvalue weighted by Gasteiger charge is -2.30. The van der Waals surface area contributed by atoms with E-state index in [2.05, 4.69) is 11.9 Å². The van der Waals surface area contributed by atoms with Crippen molar-refractivity contribution in [3.8, 4) is 0 Å². The summed E-state index contributed by atoms with van der Waals surface area (Å²) < 4.78 is 0.